The van der Waals surface area contributed by atoms with Gasteiger partial charge in [0.1, 0.15) is 0 Å². The Labute approximate surface area is 122 Å². The Bertz CT molecular complexity index is 289. The summed E-state index contributed by atoms with van der Waals surface area (Å²) in [6, 6.07) is 0.612. The molecule has 0 aliphatic heterocycles. The first-order valence-corrected chi connectivity index (χ1v) is 9.10. The summed E-state index contributed by atoms with van der Waals surface area (Å²) >= 11 is 2.02. The second-order valence-electron chi connectivity index (χ2n) is 5.95. The summed E-state index contributed by atoms with van der Waals surface area (Å²) in [4.78, 5) is 4.35. The van der Waals surface area contributed by atoms with Gasteiger partial charge in [-0.2, -0.15) is 11.8 Å². The van der Waals surface area contributed by atoms with Gasteiger partial charge < -0.3 is 10.6 Å². The highest BCUT2D eigenvalue weighted by atomic mass is 32.2. The summed E-state index contributed by atoms with van der Waals surface area (Å²) in [5.74, 6) is 2.04. The molecule has 3 nitrogen and oxygen atoms in total. The van der Waals surface area contributed by atoms with Crippen LogP contribution in [0.4, 0.5) is 0 Å². The fraction of sp³-hybridized carbons (Fsp3) is 0.933. The molecule has 0 bridgehead atoms. The van der Waals surface area contributed by atoms with Crippen LogP contribution < -0.4 is 10.6 Å². The van der Waals surface area contributed by atoms with E-state index in [4.69, 9.17) is 0 Å². The molecule has 0 amide bonds. The summed E-state index contributed by atoms with van der Waals surface area (Å²) in [6.45, 7) is 1.06. The lowest BCUT2D eigenvalue weighted by molar-refractivity contribution is 0.419. The van der Waals surface area contributed by atoms with E-state index in [9.17, 15) is 0 Å². The Morgan fingerprint density at radius 2 is 2.11 bits per heavy atom. The van der Waals surface area contributed by atoms with E-state index >= 15 is 0 Å². The van der Waals surface area contributed by atoms with Gasteiger partial charge >= 0.3 is 0 Å². The Balaban J connectivity index is 1.63. The molecule has 4 heteroatoms. The van der Waals surface area contributed by atoms with Gasteiger partial charge in [0, 0.05) is 24.9 Å². The number of hydrogen-bond acceptors (Lipinski definition) is 2. The summed E-state index contributed by atoms with van der Waals surface area (Å²) < 4.78 is 0. The molecule has 0 aromatic rings. The zero-order chi connectivity index (χ0) is 13.5. The molecule has 2 N–H and O–H groups in total. The van der Waals surface area contributed by atoms with E-state index in [1.807, 2.05) is 18.8 Å². The number of rotatable bonds is 6. The molecule has 0 heterocycles. The Morgan fingerprint density at radius 3 is 2.79 bits per heavy atom. The number of hydrogen-bond donors (Lipinski definition) is 2. The van der Waals surface area contributed by atoms with Crippen molar-refractivity contribution in [3.05, 3.63) is 0 Å². The summed E-state index contributed by atoms with van der Waals surface area (Å²) in [5.41, 5.74) is 0. The van der Waals surface area contributed by atoms with Crippen LogP contribution in [0.3, 0.4) is 0 Å². The van der Waals surface area contributed by atoms with E-state index in [-0.39, 0.29) is 0 Å². The first-order valence-electron chi connectivity index (χ1n) is 7.81. The van der Waals surface area contributed by atoms with Gasteiger partial charge in [-0.15, -0.1) is 0 Å². The van der Waals surface area contributed by atoms with Crippen molar-refractivity contribution in [2.45, 2.75) is 62.7 Å². The molecule has 2 fully saturated rings. The fourth-order valence-electron chi connectivity index (χ4n) is 2.88. The Morgan fingerprint density at radius 1 is 1.26 bits per heavy atom. The van der Waals surface area contributed by atoms with E-state index in [1.54, 1.807) is 0 Å². The number of thioether (sulfide) groups is 1. The third-order valence-corrected chi connectivity index (χ3v) is 5.40. The maximum atomic E-state index is 4.35. The molecular weight excluding hydrogens is 254 g/mol. The van der Waals surface area contributed by atoms with Crippen LogP contribution in [0.15, 0.2) is 4.99 Å². The normalized spacial score (nSPS) is 28.2. The second-order valence-corrected chi connectivity index (χ2v) is 7.09. The summed E-state index contributed by atoms with van der Waals surface area (Å²) in [7, 11) is 1.88. The van der Waals surface area contributed by atoms with Crippen molar-refractivity contribution in [1.29, 1.82) is 0 Å². The Hall–Kier alpha value is -0.380. The van der Waals surface area contributed by atoms with Gasteiger partial charge in [0.25, 0.3) is 0 Å². The number of nitrogens with zero attached hydrogens (tertiary/aromatic N) is 1. The SMILES string of the molecule is CN=C(NCCCC1CC1)NC1CCCC(SC)C1. The molecule has 2 aliphatic carbocycles. The molecule has 2 unspecified atom stereocenters. The summed E-state index contributed by atoms with van der Waals surface area (Å²) in [5, 5.41) is 7.90. The number of aliphatic imine (C=N–C) groups is 1. The van der Waals surface area contributed by atoms with Crippen molar-refractivity contribution in [2.24, 2.45) is 10.9 Å². The van der Waals surface area contributed by atoms with Crippen molar-refractivity contribution in [1.82, 2.24) is 10.6 Å². The van der Waals surface area contributed by atoms with Gasteiger partial charge in [-0.1, -0.05) is 19.3 Å². The van der Waals surface area contributed by atoms with E-state index in [2.05, 4.69) is 21.9 Å². The largest absolute Gasteiger partial charge is 0.356 e. The van der Waals surface area contributed by atoms with E-state index < -0.39 is 0 Å². The maximum Gasteiger partial charge on any atom is 0.191 e. The predicted octanol–water partition coefficient (Wildman–Crippen LogP) is 3.02. The monoisotopic (exact) mass is 283 g/mol. The van der Waals surface area contributed by atoms with Crippen molar-refractivity contribution >= 4 is 17.7 Å². The van der Waals surface area contributed by atoms with Crippen LogP contribution in [0, 0.1) is 5.92 Å². The summed E-state index contributed by atoms with van der Waals surface area (Å²) in [6.07, 6.45) is 13.1. The molecule has 2 aliphatic rings. The lowest BCUT2D eigenvalue weighted by Crippen LogP contribution is -2.45. The van der Waals surface area contributed by atoms with Crippen molar-refractivity contribution in [3.8, 4) is 0 Å². The lowest BCUT2D eigenvalue weighted by atomic mass is 9.95. The third-order valence-electron chi connectivity index (χ3n) is 4.30. The molecule has 2 saturated carbocycles. The first-order chi connectivity index (χ1) is 9.31. The predicted molar refractivity (Wildman–Crippen MR) is 86.0 cm³/mol. The van der Waals surface area contributed by atoms with Crippen LogP contribution in [-0.2, 0) is 0 Å². The van der Waals surface area contributed by atoms with E-state index in [0.717, 1.165) is 23.7 Å². The van der Waals surface area contributed by atoms with Crippen LogP contribution in [0.5, 0.6) is 0 Å². The van der Waals surface area contributed by atoms with Gasteiger partial charge in [0.15, 0.2) is 5.96 Å². The fourth-order valence-corrected chi connectivity index (χ4v) is 3.71. The Kier molecular flexibility index (Phi) is 6.35. The molecule has 19 heavy (non-hydrogen) atoms. The minimum absolute atomic E-state index is 0.612. The first kappa shape index (κ1) is 15.0. The van der Waals surface area contributed by atoms with Crippen LogP contribution in [0.2, 0.25) is 0 Å². The van der Waals surface area contributed by atoms with Crippen LogP contribution in [-0.4, -0.2) is 37.1 Å². The third kappa shape index (κ3) is 5.64. The van der Waals surface area contributed by atoms with E-state index in [1.165, 1.54) is 51.4 Å². The molecule has 110 valence electrons. The highest BCUT2D eigenvalue weighted by Gasteiger charge is 2.22. The standard InChI is InChI=1S/C15H29N3S/c1-16-15(17-10-4-5-12-8-9-12)18-13-6-3-7-14(11-13)19-2/h12-14H,3-11H2,1-2H3,(H2,16,17,18). The van der Waals surface area contributed by atoms with Crippen molar-refractivity contribution in [2.75, 3.05) is 19.8 Å². The lowest BCUT2D eigenvalue weighted by Gasteiger charge is -2.29. The van der Waals surface area contributed by atoms with Gasteiger partial charge in [-0.3, -0.25) is 4.99 Å². The minimum atomic E-state index is 0.612. The molecule has 0 spiro atoms. The smallest absolute Gasteiger partial charge is 0.191 e. The second kappa shape index (κ2) is 8.03. The molecule has 2 rings (SSSR count). The van der Waals surface area contributed by atoms with Crippen molar-refractivity contribution < 1.29 is 0 Å². The zero-order valence-electron chi connectivity index (χ0n) is 12.5. The highest BCUT2D eigenvalue weighted by molar-refractivity contribution is 7.99. The molecular formula is C15H29N3S. The molecule has 0 aromatic heterocycles. The topological polar surface area (TPSA) is 36.4 Å². The minimum Gasteiger partial charge on any atom is -0.356 e. The van der Waals surface area contributed by atoms with Gasteiger partial charge in [-0.05, 0) is 44.3 Å². The van der Waals surface area contributed by atoms with E-state index in [0.29, 0.717) is 6.04 Å². The molecule has 0 aromatic carbocycles. The molecule has 0 radical (unpaired) electrons. The van der Waals surface area contributed by atoms with Crippen molar-refractivity contribution in [3.63, 3.8) is 0 Å². The van der Waals surface area contributed by atoms with Crippen LogP contribution in [0.25, 0.3) is 0 Å². The average molecular weight is 283 g/mol. The van der Waals surface area contributed by atoms with Gasteiger partial charge in [0.05, 0.1) is 0 Å². The van der Waals surface area contributed by atoms with Gasteiger partial charge in [-0.25, -0.2) is 0 Å². The highest BCUT2D eigenvalue weighted by Crippen LogP contribution is 2.33. The van der Waals surface area contributed by atoms with Gasteiger partial charge in [0.2, 0.25) is 0 Å². The van der Waals surface area contributed by atoms with Crippen LogP contribution in [0.1, 0.15) is 51.4 Å². The number of nitrogens with one attached hydrogen (secondary N) is 2. The van der Waals surface area contributed by atoms with Crippen LogP contribution >= 0.6 is 11.8 Å². The number of guanidine groups is 1. The quantitative estimate of drug-likeness (QED) is 0.447. The molecule has 2 atom stereocenters. The maximum absolute atomic E-state index is 4.35. The molecule has 0 saturated heterocycles. The average Bonchev–Trinajstić information content (AvgIpc) is 3.26. The zero-order valence-corrected chi connectivity index (χ0v) is 13.3.